The molecular formula is C18H21ClN4O. The van der Waals surface area contributed by atoms with Gasteiger partial charge in [-0.25, -0.2) is 5.53 Å². The van der Waals surface area contributed by atoms with Gasteiger partial charge in [-0.1, -0.05) is 17.7 Å². The Morgan fingerprint density at radius 1 is 1.38 bits per heavy atom. The highest BCUT2D eigenvalue weighted by atomic mass is 35.5. The van der Waals surface area contributed by atoms with Crippen molar-refractivity contribution in [2.75, 3.05) is 11.9 Å². The van der Waals surface area contributed by atoms with Gasteiger partial charge in [-0.3, -0.25) is 4.98 Å². The van der Waals surface area contributed by atoms with Gasteiger partial charge in [0, 0.05) is 35.6 Å². The van der Waals surface area contributed by atoms with Crippen molar-refractivity contribution in [3.8, 4) is 11.1 Å². The van der Waals surface area contributed by atoms with Gasteiger partial charge < -0.3 is 10.4 Å². The van der Waals surface area contributed by atoms with Gasteiger partial charge in [0.15, 0.2) is 0 Å². The van der Waals surface area contributed by atoms with Crippen molar-refractivity contribution in [2.45, 2.75) is 32.3 Å². The smallest absolute Gasteiger partial charge is 0.127 e. The Bertz CT molecular complexity index is 766. The molecule has 3 rings (SSSR count). The first kappa shape index (κ1) is 16.9. The largest absolute Gasteiger partial charge is 0.386 e. The van der Waals surface area contributed by atoms with Crippen LogP contribution in [0.15, 0.2) is 35.7 Å². The first-order chi connectivity index (χ1) is 11.4. The molecule has 0 unspecified atom stereocenters. The van der Waals surface area contributed by atoms with Crippen LogP contribution in [0.3, 0.4) is 0 Å². The molecule has 5 nitrogen and oxygen atoms in total. The SMILES string of the molecule is CC(C)(O)c1cncc(-c2ccc(NCC3CC3)c(N=N)c2Cl)c1. The van der Waals surface area contributed by atoms with Crippen molar-refractivity contribution in [3.05, 3.63) is 41.2 Å². The number of nitrogens with one attached hydrogen (secondary N) is 2. The first-order valence-corrected chi connectivity index (χ1v) is 8.40. The number of benzene rings is 1. The molecule has 1 aromatic heterocycles. The molecule has 1 aliphatic carbocycles. The molecule has 3 N–H and O–H groups in total. The predicted octanol–water partition coefficient (Wildman–Crippen LogP) is 5.11. The Morgan fingerprint density at radius 2 is 2.12 bits per heavy atom. The van der Waals surface area contributed by atoms with Crippen LogP contribution < -0.4 is 5.32 Å². The fraction of sp³-hybridized carbons (Fsp3) is 0.389. The normalized spacial score (nSPS) is 14.5. The van der Waals surface area contributed by atoms with Crippen LogP contribution in [0, 0.1) is 11.4 Å². The zero-order valence-electron chi connectivity index (χ0n) is 13.8. The third-order valence-electron chi connectivity index (χ3n) is 4.26. The van der Waals surface area contributed by atoms with Crippen molar-refractivity contribution >= 4 is 23.0 Å². The van der Waals surface area contributed by atoms with Crippen molar-refractivity contribution < 1.29 is 5.11 Å². The lowest BCUT2D eigenvalue weighted by Gasteiger charge is -2.18. The van der Waals surface area contributed by atoms with Crippen LogP contribution in [0.2, 0.25) is 5.02 Å². The second-order valence-electron chi connectivity index (χ2n) is 6.78. The Hall–Kier alpha value is -1.98. The number of hydrogen-bond acceptors (Lipinski definition) is 5. The van der Waals surface area contributed by atoms with Gasteiger partial charge in [-0.05, 0) is 44.7 Å². The van der Waals surface area contributed by atoms with E-state index in [0.29, 0.717) is 16.3 Å². The molecule has 24 heavy (non-hydrogen) atoms. The highest BCUT2D eigenvalue weighted by molar-refractivity contribution is 6.36. The summed E-state index contributed by atoms with van der Waals surface area (Å²) in [6.07, 6.45) is 5.84. The first-order valence-electron chi connectivity index (χ1n) is 8.02. The molecular weight excluding hydrogens is 324 g/mol. The highest BCUT2D eigenvalue weighted by Gasteiger charge is 2.22. The molecule has 6 heteroatoms. The van der Waals surface area contributed by atoms with Crippen LogP contribution in [0.1, 0.15) is 32.3 Å². The second-order valence-corrected chi connectivity index (χ2v) is 7.16. The number of anilines is 1. The number of halogens is 1. The summed E-state index contributed by atoms with van der Waals surface area (Å²) in [6, 6.07) is 5.66. The van der Waals surface area contributed by atoms with Gasteiger partial charge in [0.2, 0.25) is 0 Å². The van der Waals surface area contributed by atoms with E-state index in [0.717, 1.165) is 29.3 Å². The van der Waals surface area contributed by atoms with Crippen LogP contribution in [-0.2, 0) is 5.60 Å². The van der Waals surface area contributed by atoms with Gasteiger partial charge in [0.25, 0.3) is 0 Å². The molecule has 1 heterocycles. The Labute approximate surface area is 146 Å². The average Bonchev–Trinajstić information content (AvgIpc) is 3.36. The van der Waals surface area contributed by atoms with Crippen molar-refractivity contribution in [2.24, 2.45) is 11.0 Å². The van der Waals surface area contributed by atoms with Gasteiger partial charge >= 0.3 is 0 Å². The minimum Gasteiger partial charge on any atom is -0.386 e. The maximum atomic E-state index is 10.2. The number of pyridine rings is 1. The van der Waals surface area contributed by atoms with E-state index in [1.54, 1.807) is 26.2 Å². The maximum Gasteiger partial charge on any atom is 0.127 e. The number of nitrogens with zero attached hydrogens (tertiary/aromatic N) is 2. The molecule has 1 saturated carbocycles. The van der Waals surface area contributed by atoms with E-state index in [9.17, 15) is 5.11 Å². The molecule has 1 aliphatic rings. The fourth-order valence-electron chi connectivity index (χ4n) is 2.54. The summed E-state index contributed by atoms with van der Waals surface area (Å²) in [5.74, 6) is 0.717. The van der Waals surface area contributed by atoms with Crippen molar-refractivity contribution in [3.63, 3.8) is 0 Å². The van der Waals surface area contributed by atoms with Gasteiger partial charge in [0.1, 0.15) is 5.69 Å². The summed E-state index contributed by atoms with van der Waals surface area (Å²) in [5.41, 5.74) is 9.94. The van der Waals surface area contributed by atoms with Crippen LogP contribution in [0.25, 0.3) is 11.1 Å². The molecule has 2 aromatic rings. The predicted molar refractivity (Wildman–Crippen MR) is 95.9 cm³/mol. The van der Waals surface area contributed by atoms with E-state index in [4.69, 9.17) is 17.1 Å². The maximum absolute atomic E-state index is 10.2. The van der Waals surface area contributed by atoms with E-state index in [-0.39, 0.29) is 0 Å². The zero-order valence-corrected chi connectivity index (χ0v) is 14.6. The van der Waals surface area contributed by atoms with Crippen LogP contribution >= 0.6 is 11.6 Å². The average molecular weight is 345 g/mol. The molecule has 1 aromatic carbocycles. The molecule has 0 radical (unpaired) electrons. The highest BCUT2D eigenvalue weighted by Crippen LogP contribution is 2.41. The van der Waals surface area contributed by atoms with E-state index in [1.807, 2.05) is 18.2 Å². The molecule has 0 spiro atoms. The minimum atomic E-state index is -0.982. The standard InChI is InChI=1S/C18H21ClN4O/c1-18(2,24)13-7-12(9-21-10-13)14-5-6-15(17(23-20)16(14)19)22-8-11-3-4-11/h5-7,9-11,20,22,24H,3-4,8H2,1-2H3. The number of rotatable bonds is 6. The molecule has 126 valence electrons. The van der Waals surface area contributed by atoms with E-state index < -0.39 is 5.60 Å². The lowest BCUT2D eigenvalue weighted by molar-refractivity contribution is 0.0783. The molecule has 0 aliphatic heterocycles. The molecule has 1 fully saturated rings. The summed E-state index contributed by atoms with van der Waals surface area (Å²) in [4.78, 5) is 4.20. The molecule has 0 atom stereocenters. The summed E-state index contributed by atoms with van der Waals surface area (Å²) >= 11 is 6.50. The number of aromatic nitrogens is 1. The quantitative estimate of drug-likeness (QED) is 0.636. The molecule has 0 saturated heterocycles. The lowest BCUT2D eigenvalue weighted by atomic mass is 9.96. The summed E-state index contributed by atoms with van der Waals surface area (Å²) < 4.78 is 0. The summed E-state index contributed by atoms with van der Waals surface area (Å²) in [6.45, 7) is 4.31. The third-order valence-corrected chi connectivity index (χ3v) is 4.64. The van der Waals surface area contributed by atoms with E-state index in [1.165, 1.54) is 12.8 Å². The fourth-order valence-corrected chi connectivity index (χ4v) is 2.85. The van der Waals surface area contributed by atoms with Gasteiger partial charge in [-0.2, -0.15) is 5.11 Å². The zero-order chi connectivity index (χ0) is 17.3. The van der Waals surface area contributed by atoms with Crippen LogP contribution in [-0.4, -0.2) is 16.6 Å². The molecule has 0 amide bonds. The van der Waals surface area contributed by atoms with Crippen molar-refractivity contribution in [1.82, 2.24) is 4.98 Å². The lowest BCUT2D eigenvalue weighted by Crippen LogP contribution is -2.15. The second kappa shape index (κ2) is 6.49. The van der Waals surface area contributed by atoms with Gasteiger partial charge in [0.05, 0.1) is 16.3 Å². The van der Waals surface area contributed by atoms with Crippen LogP contribution in [0.5, 0.6) is 0 Å². The Balaban J connectivity index is 1.97. The van der Waals surface area contributed by atoms with E-state index >= 15 is 0 Å². The Morgan fingerprint density at radius 3 is 2.75 bits per heavy atom. The van der Waals surface area contributed by atoms with Crippen molar-refractivity contribution in [1.29, 1.82) is 5.53 Å². The third kappa shape index (κ3) is 3.57. The van der Waals surface area contributed by atoms with E-state index in [2.05, 4.69) is 15.4 Å². The monoisotopic (exact) mass is 344 g/mol. The summed E-state index contributed by atoms with van der Waals surface area (Å²) in [7, 11) is 0. The topological polar surface area (TPSA) is 81.4 Å². The Kier molecular flexibility index (Phi) is 4.56. The molecule has 0 bridgehead atoms. The van der Waals surface area contributed by atoms with Gasteiger partial charge in [-0.15, -0.1) is 0 Å². The minimum absolute atomic E-state index is 0.417. The summed E-state index contributed by atoms with van der Waals surface area (Å²) in [5, 5.41) is 17.5. The number of aliphatic hydroxyl groups is 1. The number of hydrogen-bond donors (Lipinski definition) is 3. The van der Waals surface area contributed by atoms with Crippen LogP contribution in [0.4, 0.5) is 11.4 Å².